The maximum atomic E-state index is 13.1. The lowest BCUT2D eigenvalue weighted by Crippen LogP contribution is -2.50. The van der Waals surface area contributed by atoms with Crippen molar-refractivity contribution < 1.29 is 19.4 Å². The minimum Gasteiger partial charge on any atom is -0.507 e. The first-order valence-corrected chi connectivity index (χ1v) is 10.3. The monoisotopic (exact) mass is 421 g/mol. The fourth-order valence-corrected chi connectivity index (χ4v) is 3.56. The number of nitriles is 1. The van der Waals surface area contributed by atoms with Gasteiger partial charge in [0.1, 0.15) is 11.4 Å². The van der Waals surface area contributed by atoms with E-state index in [0.29, 0.717) is 35.3 Å². The fraction of sp³-hybridized carbons (Fsp3) is 0.375. The number of nitrogens with zero attached hydrogens (tertiary/aromatic N) is 2. The molecule has 2 amide bonds. The third kappa shape index (κ3) is 5.76. The van der Waals surface area contributed by atoms with Crippen molar-refractivity contribution in [2.24, 2.45) is 0 Å². The minimum atomic E-state index is -0.581. The predicted octanol–water partition coefficient (Wildman–Crippen LogP) is 4.06. The summed E-state index contributed by atoms with van der Waals surface area (Å²) in [5, 5.41) is 22.1. The van der Waals surface area contributed by atoms with Crippen LogP contribution in [-0.2, 0) is 4.74 Å². The molecule has 1 saturated heterocycles. The molecule has 0 aromatic heterocycles. The van der Waals surface area contributed by atoms with Crippen LogP contribution in [0.1, 0.15) is 49.5 Å². The molecule has 1 fully saturated rings. The first-order valence-electron chi connectivity index (χ1n) is 10.3. The quantitative estimate of drug-likeness (QED) is 0.778. The van der Waals surface area contributed by atoms with Gasteiger partial charge in [-0.3, -0.25) is 4.79 Å². The molecule has 0 bridgehead atoms. The van der Waals surface area contributed by atoms with Gasteiger partial charge in [-0.1, -0.05) is 12.1 Å². The van der Waals surface area contributed by atoms with E-state index in [4.69, 9.17) is 10.00 Å². The molecule has 1 heterocycles. The lowest BCUT2D eigenvalue weighted by atomic mass is 9.99. The Morgan fingerprint density at radius 3 is 2.55 bits per heavy atom. The van der Waals surface area contributed by atoms with Crippen LogP contribution in [0.25, 0.3) is 11.1 Å². The first kappa shape index (κ1) is 22.2. The number of aromatic hydroxyl groups is 1. The highest BCUT2D eigenvalue weighted by molar-refractivity contribution is 5.96. The number of phenols is 1. The summed E-state index contributed by atoms with van der Waals surface area (Å²) in [5.74, 6) is -0.102. The number of amides is 2. The van der Waals surface area contributed by atoms with Crippen molar-refractivity contribution in [1.82, 2.24) is 10.2 Å². The van der Waals surface area contributed by atoms with Crippen LogP contribution in [0.2, 0.25) is 0 Å². The van der Waals surface area contributed by atoms with Gasteiger partial charge in [0.05, 0.1) is 11.6 Å². The highest BCUT2D eigenvalue weighted by Crippen LogP contribution is 2.31. The van der Waals surface area contributed by atoms with Gasteiger partial charge >= 0.3 is 6.09 Å². The van der Waals surface area contributed by atoms with E-state index in [9.17, 15) is 14.7 Å². The molecule has 7 nitrogen and oxygen atoms in total. The van der Waals surface area contributed by atoms with Crippen LogP contribution in [0.15, 0.2) is 42.5 Å². The van der Waals surface area contributed by atoms with Crippen molar-refractivity contribution in [2.75, 3.05) is 13.1 Å². The third-order valence-corrected chi connectivity index (χ3v) is 5.00. The molecule has 162 valence electrons. The number of phenolic OH excluding ortho intramolecular Hbond substituents is 1. The Labute approximate surface area is 182 Å². The number of hydrogen-bond acceptors (Lipinski definition) is 5. The van der Waals surface area contributed by atoms with Crippen LogP contribution >= 0.6 is 0 Å². The number of carbonyl (C=O) groups is 2. The second-order valence-corrected chi connectivity index (χ2v) is 8.66. The summed E-state index contributed by atoms with van der Waals surface area (Å²) in [6.07, 6.45) is 1.06. The van der Waals surface area contributed by atoms with Crippen LogP contribution in [0.3, 0.4) is 0 Å². The molecular formula is C24H27N3O4. The predicted molar refractivity (Wildman–Crippen MR) is 117 cm³/mol. The van der Waals surface area contributed by atoms with Gasteiger partial charge in [-0.15, -0.1) is 0 Å². The summed E-state index contributed by atoms with van der Waals surface area (Å²) in [7, 11) is 0. The minimum absolute atomic E-state index is 0.0596. The van der Waals surface area contributed by atoms with Crippen molar-refractivity contribution in [3.05, 3.63) is 53.6 Å². The van der Waals surface area contributed by atoms with E-state index in [0.717, 1.165) is 12.8 Å². The molecule has 0 saturated carbocycles. The van der Waals surface area contributed by atoms with Gasteiger partial charge in [0.25, 0.3) is 5.91 Å². The van der Waals surface area contributed by atoms with E-state index in [1.54, 1.807) is 62.1 Å². The largest absolute Gasteiger partial charge is 0.507 e. The summed E-state index contributed by atoms with van der Waals surface area (Å²) in [5.41, 5.74) is 1.63. The van der Waals surface area contributed by atoms with Gasteiger partial charge in [-0.2, -0.15) is 5.26 Å². The molecule has 2 aromatic carbocycles. The van der Waals surface area contributed by atoms with Crippen molar-refractivity contribution >= 4 is 12.0 Å². The highest BCUT2D eigenvalue weighted by atomic mass is 16.6. The number of alkyl carbamates (subject to hydrolysis) is 1. The number of ether oxygens (including phenoxy) is 1. The van der Waals surface area contributed by atoms with Crippen molar-refractivity contribution in [3.8, 4) is 22.9 Å². The summed E-state index contributed by atoms with van der Waals surface area (Å²) >= 11 is 0. The zero-order valence-electron chi connectivity index (χ0n) is 18.0. The van der Waals surface area contributed by atoms with E-state index in [1.165, 1.54) is 6.07 Å². The Bertz CT molecular complexity index is 1000. The molecule has 0 spiro atoms. The lowest BCUT2D eigenvalue weighted by Gasteiger charge is -2.33. The van der Waals surface area contributed by atoms with Crippen LogP contribution in [0.4, 0.5) is 4.79 Å². The average Bonchev–Trinajstić information content (AvgIpc) is 2.72. The molecule has 2 N–H and O–H groups in total. The van der Waals surface area contributed by atoms with Crippen LogP contribution in [0.5, 0.6) is 5.75 Å². The first-order chi connectivity index (χ1) is 14.7. The standard InChI is InChI=1S/C24H27N3O4/c1-24(2,3)31-23(30)26-19-5-4-12-27(15-19)22(29)18-10-11-21(28)20(13-18)17-8-6-16(14-25)7-9-17/h6-11,13,19,28H,4-5,12,15H2,1-3H3,(H,26,30)/t19-/m1/s1. The molecule has 0 radical (unpaired) electrons. The van der Waals surface area contributed by atoms with Gasteiger partial charge in [0.15, 0.2) is 0 Å². The number of piperidine rings is 1. The molecule has 0 unspecified atom stereocenters. The zero-order chi connectivity index (χ0) is 22.6. The van der Waals surface area contributed by atoms with Crippen molar-refractivity contribution in [3.63, 3.8) is 0 Å². The van der Waals surface area contributed by atoms with E-state index < -0.39 is 11.7 Å². The Morgan fingerprint density at radius 2 is 1.90 bits per heavy atom. The van der Waals surface area contributed by atoms with E-state index in [1.807, 2.05) is 0 Å². The van der Waals surface area contributed by atoms with E-state index >= 15 is 0 Å². The molecule has 1 aliphatic heterocycles. The second kappa shape index (κ2) is 9.09. The van der Waals surface area contributed by atoms with Crippen LogP contribution < -0.4 is 5.32 Å². The van der Waals surface area contributed by atoms with Gasteiger partial charge in [-0.05, 0) is 69.5 Å². The number of benzene rings is 2. The van der Waals surface area contributed by atoms with Gasteiger partial charge in [0.2, 0.25) is 0 Å². The molecule has 0 aliphatic carbocycles. The van der Waals surface area contributed by atoms with E-state index in [2.05, 4.69) is 11.4 Å². The smallest absolute Gasteiger partial charge is 0.407 e. The summed E-state index contributed by atoms with van der Waals surface area (Å²) in [6, 6.07) is 13.4. The van der Waals surface area contributed by atoms with Gasteiger partial charge in [-0.25, -0.2) is 4.79 Å². The molecule has 1 aliphatic rings. The molecule has 1 atom stereocenters. The number of nitrogens with one attached hydrogen (secondary N) is 1. The molecular weight excluding hydrogens is 394 g/mol. The zero-order valence-corrected chi connectivity index (χ0v) is 18.0. The maximum absolute atomic E-state index is 13.1. The Balaban J connectivity index is 1.73. The normalized spacial score (nSPS) is 16.3. The second-order valence-electron chi connectivity index (χ2n) is 8.66. The highest BCUT2D eigenvalue weighted by Gasteiger charge is 2.27. The Hall–Kier alpha value is -3.53. The van der Waals surface area contributed by atoms with Gasteiger partial charge in [0, 0.05) is 30.3 Å². The van der Waals surface area contributed by atoms with Crippen molar-refractivity contribution in [2.45, 2.75) is 45.3 Å². The van der Waals surface area contributed by atoms with Crippen LogP contribution in [0, 0.1) is 11.3 Å². The van der Waals surface area contributed by atoms with Gasteiger partial charge < -0.3 is 20.1 Å². The Morgan fingerprint density at radius 1 is 1.19 bits per heavy atom. The molecule has 31 heavy (non-hydrogen) atoms. The number of carbonyl (C=O) groups excluding carboxylic acids is 2. The fourth-order valence-electron chi connectivity index (χ4n) is 3.56. The van der Waals surface area contributed by atoms with E-state index in [-0.39, 0.29) is 17.7 Å². The molecule has 2 aromatic rings. The van der Waals surface area contributed by atoms with Crippen LogP contribution in [-0.4, -0.2) is 46.7 Å². The molecule has 7 heteroatoms. The third-order valence-electron chi connectivity index (χ3n) is 5.00. The number of rotatable bonds is 3. The summed E-state index contributed by atoms with van der Waals surface area (Å²) in [4.78, 5) is 26.9. The number of likely N-dealkylation sites (tertiary alicyclic amines) is 1. The van der Waals surface area contributed by atoms with Crippen molar-refractivity contribution in [1.29, 1.82) is 5.26 Å². The average molecular weight is 421 g/mol. The molecule has 3 rings (SSSR count). The Kier molecular flexibility index (Phi) is 6.50. The summed E-state index contributed by atoms with van der Waals surface area (Å²) in [6.45, 7) is 6.40. The number of hydrogen-bond donors (Lipinski definition) is 2. The SMILES string of the molecule is CC(C)(C)OC(=O)N[C@@H]1CCCN(C(=O)c2ccc(O)c(-c3ccc(C#N)cc3)c2)C1. The summed E-state index contributed by atoms with van der Waals surface area (Å²) < 4.78 is 5.31. The maximum Gasteiger partial charge on any atom is 0.407 e. The topological polar surface area (TPSA) is 103 Å². The lowest BCUT2D eigenvalue weighted by molar-refractivity contribution is 0.0452.